The molecule has 4 heteroatoms. The molecule has 0 unspecified atom stereocenters. The van der Waals surface area contributed by atoms with E-state index in [1.54, 1.807) is 11.8 Å². The monoisotopic (exact) mass is 292 g/mol. The summed E-state index contributed by atoms with van der Waals surface area (Å²) in [4.78, 5) is 1.04. The molecule has 20 heavy (non-hydrogen) atoms. The predicted octanol–water partition coefficient (Wildman–Crippen LogP) is 4.04. The van der Waals surface area contributed by atoms with Gasteiger partial charge in [-0.15, -0.1) is 11.8 Å². The second-order valence-corrected chi connectivity index (χ2v) is 6.78. The summed E-state index contributed by atoms with van der Waals surface area (Å²) in [5, 5.41) is 7.83. The maximum atomic E-state index is 7.83. The van der Waals surface area contributed by atoms with Gasteiger partial charge in [0.15, 0.2) is 0 Å². The molecule has 1 aliphatic rings. The molecule has 1 fully saturated rings. The van der Waals surface area contributed by atoms with E-state index in [0.717, 1.165) is 40.7 Å². The molecule has 3 nitrogen and oxygen atoms in total. The van der Waals surface area contributed by atoms with Crippen molar-refractivity contribution >= 4 is 17.6 Å². The van der Waals surface area contributed by atoms with E-state index in [9.17, 15) is 0 Å². The van der Waals surface area contributed by atoms with Crippen LogP contribution < -0.4 is 10.5 Å². The van der Waals surface area contributed by atoms with Crippen molar-refractivity contribution in [2.75, 3.05) is 5.75 Å². The molecule has 2 rings (SSSR count). The summed E-state index contributed by atoms with van der Waals surface area (Å²) in [7, 11) is 0. The zero-order chi connectivity index (χ0) is 14.5. The largest absolute Gasteiger partial charge is 0.490 e. The van der Waals surface area contributed by atoms with Gasteiger partial charge in [-0.25, -0.2) is 0 Å². The van der Waals surface area contributed by atoms with Crippen LogP contribution in [-0.4, -0.2) is 17.7 Å². The lowest BCUT2D eigenvalue weighted by Gasteiger charge is -2.28. The van der Waals surface area contributed by atoms with Crippen molar-refractivity contribution in [3.05, 3.63) is 23.8 Å². The van der Waals surface area contributed by atoms with Crippen LogP contribution in [0.4, 0.5) is 0 Å². The topological polar surface area (TPSA) is 59.1 Å². The van der Waals surface area contributed by atoms with E-state index < -0.39 is 0 Å². The smallest absolute Gasteiger partial charge is 0.131 e. The molecule has 0 aliphatic heterocycles. The predicted molar refractivity (Wildman–Crippen MR) is 85.9 cm³/mol. The number of nitrogens with two attached hydrogens (primary N) is 1. The Balaban J connectivity index is 2.18. The second-order valence-electron chi connectivity index (χ2n) is 5.48. The fraction of sp³-hybridized carbons (Fsp3) is 0.562. The van der Waals surface area contributed by atoms with Crippen LogP contribution in [0.1, 0.15) is 45.1 Å². The standard InChI is InChI=1S/C16H24N2OS/c1-3-20-14-6-4-5-13(15(14)16(17)18)19-12-9-7-11(2)8-10-12/h4-6,11-12H,3,7-10H2,1-2H3,(H3,17,18). The van der Waals surface area contributed by atoms with Crippen LogP contribution in [0.15, 0.2) is 23.1 Å². The fourth-order valence-electron chi connectivity index (χ4n) is 2.68. The zero-order valence-corrected chi connectivity index (χ0v) is 13.1. The Hall–Kier alpha value is -1.16. The van der Waals surface area contributed by atoms with Crippen molar-refractivity contribution in [3.8, 4) is 5.75 Å². The van der Waals surface area contributed by atoms with E-state index in [0.29, 0.717) is 0 Å². The molecule has 0 saturated heterocycles. The molecule has 0 amide bonds. The summed E-state index contributed by atoms with van der Waals surface area (Å²) in [5.74, 6) is 2.64. The summed E-state index contributed by atoms with van der Waals surface area (Å²) in [6, 6.07) is 5.94. The first-order valence-electron chi connectivity index (χ1n) is 7.38. The molecule has 3 N–H and O–H groups in total. The molecule has 0 heterocycles. The van der Waals surface area contributed by atoms with E-state index in [2.05, 4.69) is 13.8 Å². The maximum absolute atomic E-state index is 7.83. The molecule has 0 radical (unpaired) electrons. The Morgan fingerprint density at radius 3 is 2.65 bits per heavy atom. The van der Waals surface area contributed by atoms with Crippen LogP contribution in [0.5, 0.6) is 5.75 Å². The van der Waals surface area contributed by atoms with Gasteiger partial charge in [-0.3, -0.25) is 5.41 Å². The number of rotatable bonds is 5. The highest BCUT2D eigenvalue weighted by Crippen LogP contribution is 2.33. The van der Waals surface area contributed by atoms with Crippen LogP contribution in [0.25, 0.3) is 0 Å². The SMILES string of the molecule is CCSc1cccc(OC2CCC(C)CC2)c1C(=N)N. The molecule has 0 bridgehead atoms. The highest BCUT2D eigenvalue weighted by Gasteiger charge is 2.21. The highest BCUT2D eigenvalue weighted by atomic mass is 32.2. The van der Waals surface area contributed by atoms with Gasteiger partial charge < -0.3 is 10.5 Å². The summed E-state index contributed by atoms with van der Waals surface area (Å²) >= 11 is 1.71. The minimum Gasteiger partial charge on any atom is -0.490 e. The summed E-state index contributed by atoms with van der Waals surface area (Å²) < 4.78 is 6.15. The van der Waals surface area contributed by atoms with Crippen molar-refractivity contribution in [1.29, 1.82) is 5.41 Å². The molecular weight excluding hydrogens is 268 g/mol. The Morgan fingerprint density at radius 1 is 1.35 bits per heavy atom. The Labute approximate surface area is 125 Å². The lowest BCUT2D eigenvalue weighted by molar-refractivity contribution is 0.135. The molecule has 0 aromatic heterocycles. The summed E-state index contributed by atoms with van der Waals surface area (Å²) in [6.45, 7) is 4.40. The van der Waals surface area contributed by atoms with E-state index in [4.69, 9.17) is 15.9 Å². The molecule has 1 saturated carbocycles. The first kappa shape index (κ1) is 15.2. The third-order valence-electron chi connectivity index (χ3n) is 3.81. The van der Waals surface area contributed by atoms with Gasteiger partial charge in [-0.2, -0.15) is 0 Å². The van der Waals surface area contributed by atoms with Crippen LogP contribution in [0, 0.1) is 11.3 Å². The third kappa shape index (κ3) is 3.69. The number of nitrogens with one attached hydrogen (secondary N) is 1. The Morgan fingerprint density at radius 2 is 2.05 bits per heavy atom. The number of ether oxygens (including phenoxy) is 1. The lowest BCUT2D eigenvalue weighted by atomic mass is 9.89. The first-order chi connectivity index (χ1) is 9.61. The number of hydrogen-bond donors (Lipinski definition) is 2. The van der Waals surface area contributed by atoms with Gasteiger partial charge in [0.1, 0.15) is 11.6 Å². The van der Waals surface area contributed by atoms with Crippen LogP contribution in [-0.2, 0) is 0 Å². The molecule has 0 spiro atoms. The molecule has 1 aromatic carbocycles. The number of hydrogen-bond acceptors (Lipinski definition) is 3. The van der Waals surface area contributed by atoms with Crippen molar-refractivity contribution in [1.82, 2.24) is 0 Å². The molecule has 1 aliphatic carbocycles. The van der Waals surface area contributed by atoms with Gasteiger partial charge >= 0.3 is 0 Å². The number of benzene rings is 1. The van der Waals surface area contributed by atoms with Crippen molar-refractivity contribution in [2.24, 2.45) is 11.7 Å². The summed E-state index contributed by atoms with van der Waals surface area (Å²) in [6.07, 6.45) is 4.92. The number of thioether (sulfide) groups is 1. The van der Waals surface area contributed by atoms with Gasteiger partial charge in [0.2, 0.25) is 0 Å². The fourth-order valence-corrected chi connectivity index (χ4v) is 3.52. The van der Waals surface area contributed by atoms with E-state index in [-0.39, 0.29) is 11.9 Å². The molecule has 1 aromatic rings. The second kappa shape index (κ2) is 7.02. The highest BCUT2D eigenvalue weighted by molar-refractivity contribution is 7.99. The van der Waals surface area contributed by atoms with E-state index in [1.807, 2.05) is 18.2 Å². The normalized spacial score (nSPS) is 22.5. The van der Waals surface area contributed by atoms with Gasteiger partial charge in [-0.1, -0.05) is 19.9 Å². The minimum absolute atomic E-state index is 0.0979. The lowest BCUT2D eigenvalue weighted by Crippen LogP contribution is -2.24. The number of amidine groups is 1. The van der Waals surface area contributed by atoms with Crippen molar-refractivity contribution in [3.63, 3.8) is 0 Å². The van der Waals surface area contributed by atoms with Crippen molar-refractivity contribution < 1.29 is 4.74 Å². The van der Waals surface area contributed by atoms with Gasteiger partial charge in [0.05, 0.1) is 11.7 Å². The first-order valence-corrected chi connectivity index (χ1v) is 8.37. The number of nitrogen functional groups attached to an aromatic ring is 1. The average molecular weight is 292 g/mol. The van der Waals surface area contributed by atoms with Crippen LogP contribution >= 0.6 is 11.8 Å². The molecule has 0 atom stereocenters. The minimum atomic E-state index is 0.0979. The quantitative estimate of drug-likeness (QED) is 0.489. The summed E-state index contributed by atoms with van der Waals surface area (Å²) in [5.41, 5.74) is 6.52. The average Bonchev–Trinajstić information content (AvgIpc) is 2.41. The van der Waals surface area contributed by atoms with Crippen LogP contribution in [0.2, 0.25) is 0 Å². The van der Waals surface area contributed by atoms with E-state index in [1.165, 1.54) is 12.8 Å². The van der Waals surface area contributed by atoms with Crippen molar-refractivity contribution in [2.45, 2.75) is 50.5 Å². The van der Waals surface area contributed by atoms with Gasteiger partial charge in [-0.05, 0) is 49.5 Å². The maximum Gasteiger partial charge on any atom is 0.131 e. The Bertz CT molecular complexity index is 468. The Kier molecular flexibility index (Phi) is 5.35. The third-order valence-corrected chi connectivity index (χ3v) is 4.75. The van der Waals surface area contributed by atoms with Gasteiger partial charge in [0.25, 0.3) is 0 Å². The molecule has 110 valence electrons. The van der Waals surface area contributed by atoms with E-state index >= 15 is 0 Å². The zero-order valence-electron chi connectivity index (χ0n) is 12.3. The van der Waals surface area contributed by atoms with Crippen LogP contribution in [0.3, 0.4) is 0 Å². The molecular formula is C16H24N2OS. The van der Waals surface area contributed by atoms with Gasteiger partial charge in [0, 0.05) is 4.90 Å².